The lowest BCUT2D eigenvalue weighted by molar-refractivity contribution is -0.152. The quantitative estimate of drug-likeness (QED) is 0.373. The van der Waals surface area contributed by atoms with E-state index in [4.69, 9.17) is 21.7 Å². The molecule has 0 aromatic heterocycles. The molecule has 7 heteroatoms. The largest absolute Gasteiger partial charge is 0.496 e. The summed E-state index contributed by atoms with van der Waals surface area (Å²) in [5.41, 5.74) is 0.820. The summed E-state index contributed by atoms with van der Waals surface area (Å²) in [4.78, 5) is 27.2. The van der Waals surface area contributed by atoms with Gasteiger partial charge in [0, 0.05) is 5.56 Å². The van der Waals surface area contributed by atoms with E-state index in [9.17, 15) is 9.59 Å². The molecular weight excluding hydrogens is 418 g/mol. The Balaban J connectivity index is 1.55. The second-order valence-electron chi connectivity index (χ2n) is 7.42. The molecule has 30 heavy (non-hydrogen) atoms. The van der Waals surface area contributed by atoms with E-state index in [1.54, 1.807) is 13.2 Å². The SMILES string of the molecule is COc1ccc2ccccc2c1/C=C1\SC(=S)N(CC(=O)OC2CCCCC2)C1=O. The van der Waals surface area contributed by atoms with Gasteiger partial charge in [0.05, 0.1) is 12.0 Å². The molecule has 1 heterocycles. The van der Waals surface area contributed by atoms with Gasteiger partial charge >= 0.3 is 5.97 Å². The molecule has 1 amide bonds. The first-order valence-electron chi connectivity index (χ1n) is 10.1. The molecular formula is C23H23NO4S2. The monoisotopic (exact) mass is 441 g/mol. The van der Waals surface area contributed by atoms with Crippen molar-refractivity contribution in [2.24, 2.45) is 0 Å². The fourth-order valence-corrected chi connectivity index (χ4v) is 5.14. The van der Waals surface area contributed by atoms with Crippen LogP contribution in [0.3, 0.4) is 0 Å². The number of fused-ring (bicyclic) bond motifs is 1. The van der Waals surface area contributed by atoms with Crippen LogP contribution in [0.15, 0.2) is 41.3 Å². The van der Waals surface area contributed by atoms with Gasteiger partial charge in [0.2, 0.25) is 0 Å². The van der Waals surface area contributed by atoms with E-state index in [0.29, 0.717) is 15.0 Å². The number of amides is 1. The third-order valence-corrected chi connectivity index (χ3v) is 6.81. The highest BCUT2D eigenvalue weighted by Gasteiger charge is 2.34. The Morgan fingerprint density at radius 1 is 1.20 bits per heavy atom. The zero-order chi connectivity index (χ0) is 21.1. The van der Waals surface area contributed by atoms with Crippen LogP contribution in [0, 0.1) is 0 Å². The molecule has 0 atom stereocenters. The first kappa shape index (κ1) is 20.9. The Labute approximate surface area is 185 Å². The van der Waals surface area contributed by atoms with Crippen molar-refractivity contribution >= 4 is 57.0 Å². The highest BCUT2D eigenvalue weighted by molar-refractivity contribution is 8.26. The molecule has 0 N–H and O–H groups in total. The van der Waals surface area contributed by atoms with Gasteiger partial charge in [-0.15, -0.1) is 0 Å². The third-order valence-electron chi connectivity index (χ3n) is 5.44. The van der Waals surface area contributed by atoms with E-state index in [1.165, 1.54) is 23.1 Å². The van der Waals surface area contributed by atoms with E-state index < -0.39 is 5.97 Å². The fourth-order valence-electron chi connectivity index (χ4n) is 3.91. The number of hydrogen-bond acceptors (Lipinski definition) is 6. The molecule has 1 aliphatic heterocycles. The first-order chi connectivity index (χ1) is 14.6. The molecule has 2 aromatic carbocycles. The maximum absolute atomic E-state index is 13.0. The number of esters is 1. The molecule has 4 rings (SSSR count). The molecule has 5 nitrogen and oxygen atoms in total. The number of hydrogen-bond donors (Lipinski definition) is 0. The van der Waals surface area contributed by atoms with Crippen LogP contribution in [0.1, 0.15) is 37.7 Å². The van der Waals surface area contributed by atoms with Crippen molar-refractivity contribution in [1.82, 2.24) is 4.90 Å². The highest BCUT2D eigenvalue weighted by atomic mass is 32.2. The molecule has 1 aliphatic carbocycles. The van der Waals surface area contributed by atoms with Gasteiger partial charge in [-0.2, -0.15) is 0 Å². The average Bonchev–Trinajstić information content (AvgIpc) is 3.02. The summed E-state index contributed by atoms with van der Waals surface area (Å²) < 4.78 is 11.4. The molecule has 2 aliphatic rings. The van der Waals surface area contributed by atoms with E-state index in [1.807, 2.05) is 36.4 Å². The number of thiocarbonyl (C=S) groups is 1. The van der Waals surface area contributed by atoms with Crippen molar-refractivity contribution < 1.29 is 19.1 Å². The molecule has 156 valence electrons. The predicted molar refractivity (Wildman–Crippen MR) is 123 cm³/mol. The van der Waals surface area contributed by atoms with E-state index >= 15 is 0 Å². The molecule has 0 unspecified atom stereocenters. The Hall–Kier alpha value is -2.38. The van der Waals surface area contributed by atoms with Crippen molar-refractivity contribution in [3.8, 4) is 5.75 Å². The summed E-state index contributed by atoms with van der Waals surface area (Å²) in [5.74, 6) is -0.00144. The van der Waals surface area contributed by atoms with Gasteiger partial charge in [0.15, 0.2) is 0 Å². The molecule has 2 fully saturated rings. The topological polar surface area (TPSA) is 55.8 Å². The lowest BCUT2D eigenvalue weighted by atomic mass is 9.98. The molecule has 1 saturated carbocycles. The number of ether oxygens (including phenoxy) is 2. The number of carbonyl (C=O) groups excluding carboxylic acids is 2. The number of rotatable bonds is 5. The van der Waals surface area contributed by atoms with Crippen LogP contribution in [0.5, 0.6) is 5.75 Å². The number of benzene rings is 2. The van der Waals surface area contributed by atoms with Crippen LogP contribution in [0.4, 0.5) is 0 Å². The lowest BCUT2D eigenvalue weighted by Crippen LogP contribution is -2.36. The molecule has 0 bridgehead atoms. The lowest BCUT2D eigenvalue weighted by Gasteiger charge is -2.23. The Bertz CT molecular complexity index is 1030. The number of methoxy groups -OCH3 is 1. The minimum atomic E-state index is -0.401. The number of thioether (sulfide) groups is 1. The van der Waals surface area contributed by atoms with Crippen molar-refractivity contribution in [3.63, 3.8) is 0 Å². The van der Waals surface area contributed by atoms with Gasteiger partial charge in [-0.3, -0.25) is 14.5 Å². The summed E-state index contributed by atoms with van der Waals surface area (Å²) in [6.07, 6.45) is 6.89. The van der Waals surface area contributed by atoms with Crippen LogP contribution in [0.2, 0.25) is 0 Å². The Morgan fingerprint density at radius 3 is 2.73 bits per heavy atom. The smallest absolute Gasteiger partial charge is 0.326 e. The summed E-state index contributed by atoms with van der Waals surface area (Å²) in [7, 11) is 1.61. The molecule has 0 radical (unpaired) electrons. The number of carbonyl (C=O) groups is 2. The van der Waals surface area contributed by atoms with Crippen molar-refractivity contribution in [2.75, 3.05) is 13.7 Å². The van der Waals surface area contributed by atoms with Crippen LogP contribution in [0.25, 0.3) is 16.8 Å². The van der Waals surface area contributed by atoms with Crippen LogP contribution >= 0.6 is 24.0 Å². The van der Waals surface area contributed by atoms with E-state index in [0.717, 1.165) is 42.0 Å². The van der Waals surface area contributed by atoms with Gasteiger partial charge in [0.25, 0.3) is 5.91 Å². The minimum Gasteiger partial charge on any atom is -0.496 e. The summed E-state index contributed by atoms with van der Waals surface area (Å²) in [5, 5.41) is 2.04. The second kappa shape index (κ2) is 9.18. The van der Waals surface area contributed by atoms with E-state index in [2.05, 4.69) is 0 Å². The Morgan fingerprint density at radius 2 is 1.97 bits per heavy atom. The van der Waals surface area contributed by atoms with Crippen molar-refractivity contribution in [1.29, 1.82) is 0 Å². The average molecular weight is 442 g/mol. The predicted octanol–water partition coefficient (Wildman–Crippen LogP) is 4.93. The minimum absolute atomic E-state index is 0.0415. The van der Waals surface area contributed by atoms with Gasteiger partial charge in [-0.25, -0.2) is 0 Å². The van der Waals surface area contributed by atoms with Gasteiger partial charge < -0.3 is 9.47 Å². The van der Waals surface area contributed by atoms with Crippen LogP contribution in [-0.4, -0.2) is 40.9 Å². The van der Waals surface area contributed by atoms with Gasteiger partial charge in [0.1, 0.15) is 22.7 Å². The van der Waals surface area contributed by atoms with Gasteiger partial charge in [-0.05, 0) is 48.6 Å². The third kappa shape index (κ3) is 4.37. The van der Waals surface area contributed by atoms with Crippen LogP contribution < -0.4 is 4.74 Å². The van der Waals surface area contributed by atoms with Crippen LogP contribution in [-0.2, 0) is 14.3 Å². The molecule has 1 saturated heterocycles. The summed E-state index contributed by atoms with van der Waals surface area (Å²) >= 11 is 6.58. The van der Waals surface area contributed by atoms with E-state index in [-0.39, 0.29) is 18.6 Å². The zero-order valence-electron chi connectivity index (χ0n) is 16.8. The maximum Gasteiger partial charge on any atom is 0.326 e. The summed E-state index contributed by atoms with van der Waals surface area (Å²) in [6, 6.07) is 11.8. The van der Waals surface area contributed by atoms with Crippen molar-refractivity contribution in [2.45, 2.75) is 38.2 Å². The maximum atomic E-state index is 13.0. The normalized spacial score (nSPS) is 19.0. The second-order valence-corrected chi connectivity index (χ2v) is 9.10. The highest BCUT2D eigenvalue weighted by Crippen LogP contribution is 2.37. The first-order valence-corrected chi connectivity index (χ1v) is 11.3. The standard InChI is InChI=1S/C23H23NO4S2/c1-27-19-12-11-15-7-5-6-10-17(15)18(19)13-20-22(26)24(23(29)30-20)14-21(25)28-16-8-3-2-4-9-16/h5-7,10-13,16H,2-4,8-9,14H2,1H3/b20-13-. The summed E-state index contributed by atoms with van der Waals surface area (Å²) in [6.45, 7) is -0.148. The molecule has 0 spiro atoms. The zero-order valence-corrected chi connectivity index (χ0v) is 18.4. The number of nitrogens with zero attached hydrogens (tertiary/aromatic N) is 1. The van der Waals surface area contributed by atoms with Crippen molar-refractivity contribution in [3.05, 3.63) is 46.9 Å². The fraction of sp³-hybridized carbons (Fsp3) is 0.348. The molecule has 2 aromatic rings. The van der Waals surface area contributed by atoms with Gasteiger partial charge in [-0.1, -0.05) is 60.7 Å². The Kier molecular flexibility index (Phi) is 6.39.